The monoisotopic (exact) mass is 309 g/mol. The molecule has 0 saturated carbocycles. The van der Waals surface area contributed by atoms with Gasteiger partial charge in [0.05, 0.1) is 0 Å². The molecule has 0 unspecified atom stereocenters. The van der Waals surface area contributed by atoms with E-state index < -0.39 is 0 Å². The fourth-order valence-electron chi connectivity index (χ4n) is 2.99. The molecular weight excluding hydrogens is 286 g/mol. The van der Waals surface area contributed by atoms with Gasteiger partial charge in [-0.15, -0.1) is 0 Å². The third-order valence-corrected chi connectivity index (χ3v) is 4.30. The number of rotatable bonds is 4. The van der Waals surface area contributed by atoms with E-state index >= 15 is 0 Å². The highest BCUT2D eigenvalue weighted by Gasteiger charge is 2.19. The second-order valence-electron chi connectivity index (χ2n) is 5.92. The van der Waals surface area contributed by atoms with Crippen LogP contribution in [0.25, 0.3) is 0 Å². The first-order chi connectivity index (χ1) is 11.3. The van der Waals surface area contributed by atoms with Gasteiger partial charge in [0, 0.05) is 30.7 Å². The lowest BCUT2D eigenvalue weighted by atomic mass is 10.1. The molecule has 4 nitrogen and oxygen atoms in total. The van der Waals surface area contributed by atoms with E-state index in [1.54, 1.807) is 6.20 Å². The molecular formula is C19H23N3O. The van der Waals surface area contributed by atoms with E-state index in [1.807, 2.05) is 29.2 Å². The van der Waals surface area contributed by atoms with Crippen LogP contribution in [0.3, 0.4) is 0 Å². The molecule has 23 heavy (non-hydrogen) atoms. The first kappa shape index (κ1) is 15.5. The first-order valence-corrected chi connectivity index (χ1v) is 8.38. The van der Waals surface area contributed by atoms with Crippen LogP contribution in [-0.4, -0.2) is 28.9 Å². The maximum absolute atomic E-state index is 12.6. The average Bonchev–Trinajstić information content (AvgIpc) is 2.62. The lowest BCUT2D eigenvalue weighted by Gasteiger charge is -2.26. The third-order valence-electron chi connectivity index (χ3n) is 4.30. The van der Waals surface area contributed by atoms with E-state index in [2.05, 4.69) is 29.4 Å². The Morgan fingerprint density at radius 3 is 2.74 bits per heavy atom. The van der Waals surface area contributed by atoms with E-state index in [0.717, 1.165) is 43.7 Å². The minimum absolute atomic E-state index is 0.0390. The summed E-state index contributed by atoms with van der Waals surface area (Å²) in [6.07, 6.45) is 6.07. The normalized spacial score (nSPS) is 14.6. The maximum Gasteiger partial charge on any atom is 0.272 e. The Morgan fingerprint density at radius 2 is 1.96 bits per heavy atom. The molecule has 4 heteroatoms. The summed E-state index contributed by atoms with van der Waals surface area (Å²) in [5.41, 5.74) is 3.76. The van der Waals surface area contributed by atoms with Crippen LogP contribution in [0.1, 0.15) is 42.2 Å². The molecule has 0 bridgehead atoms. The summed E-state index contributed by atoms with van der Waals surface area (Å²) in [5, 5.41) is 3.41. The van der Waals surface area contributed by atoms with Gasteiger partial charge in [0.1, 0.15) is 5.69 Å². The van der Waals surface area contributed by atoms with E-state index in [0.29, 0.717) is 5.69 Å². The van der Waals surface area contributed by atoms with Crippen molar-refractivity contribution in [3.63, 3.8) is 0 Å². The van der Waals surface area contributed by atoms with Crippen molar-refractivity contribution >= 4 is 17.3 Å². The van der Waals surface area contributed by atoms with Crippen LogP contribution in [0, 0.1) is 0 Å². The molecule has 1 N–H and O–H groups in total. The Labute approximate surface area is 137 Å². The third kappa shape index (κ3) is 3.70. The number of anilines is 2. The summed E-state index contributed by atoms with van der Waals surface area (Å²) >= 11 is 0. The van der Waals surface area contributed by atoms with Crippen molar-refractivity contribution in [2.75, 3.05) is 18.4 Å². The summed E-state index contributed by atoms with van der Waals surface area (Å²) in [6.45, 7) is 3.83. The number of amides is 1. The first-order valence-electron chi connectivity index (χ1n) is 8.38. The molecule has 0 aliphatic carbocycles. The van der Waals surface area contributed by atoms with Crippen LogP contribution in [-0.2, 0) is 6.42 Å². The van der Waals surface area contributed by atoms with Crippen molar-refractivity contribution in [3.05, 3.63) is 53.9 Å². The predicted octanol–water partition coefficient (Wildman–Crippen LogP) is 4.01. The van der Waals surface area contributed by atoms with Crippen LogP contribution >= 0.6 is 0 Å². The molecule has 1 aliphatic heterocycles. The highest BCUT2D eigenvalue weighted by molar-refractivity contribution is 5.93. The number of piperidine rings is 1. The molecule has 120 valence electrons. The lowest BCUT2D eigenvalue weighted by Crippen LogP contribution is -2.36. The Kier molecular flexibility index (Phi) is 4.91. The Balaban J connectivity index is 1.78. The number of aromatic nitrogens is 1. The number of para-hydroxylation sites is 1. The van der Waals surface area contributed by atoms with E-state index in [4.69, 9.17) is 0 Å². The zero-order valence-corrected chi connectivity index (χ0v) is 13.6. The highest BCUT2D eigenvalue weighted by Crippen LogP contribution is 2.22. The minimum atomic E-state index is 0.0390. The van der Waals surface area contributed by atoms with Gasteiger partial charge in [0.2, 0.25) is 0 Å². The molecule has 0 radical (unpaired) electrons. The zero-order chi connectivity index (χ0) is 16.1. The number of likely N-dealkylation sites (tertiary alicyclic amines) is 1. The number of hydrogen-bond donors (Lipinski definition) is 1. The van der Waals surface area contributed by atoms with Crippen LogP contribution in [0.2, 0.25) is 0 Å². The van der Waals surface area contributed by atoms with Gasteiger partial charge < -0.3 is 10.2 Å². The second kappa shape index (κ2) is 7.27. The minimum Gasteiger partial charge on any atom is -0.355 e. The van der Waals surface area contributed by atoms with Gasteiger partial charge in [-0.05, 0) is 49.4 Å². The zero-order valence-electron chi connectivity index (χ0n) is 13.6. The summed E-state index contributed by atoms with van der Waals surface area (Å²) in [4.78, 5) is 18.7. The van der Waals surface area contributed by atoms with Gasteiger partial charge in [-0.25, -0.2) is 0 Å². The average molecular weight is 309 g/mol. The summed E-state index contributed by atoms with van der Waals surface area (Å²) < 4.78 is 0. The van der Waals surface area contributed by atoms with Gasteiger partial charge in [-0.1, -0.05) is 25.1 Å². The van der Waals surface area contributed by atoms with Crippen molar-refractivity contribution in [1.82, 2.24) is 9.88 Å². The van der Waals surface area contributed by atoms with Crippen LogP contribution < -0.4 is 5.32 Å². The van der Waals surface area contributed by atoms with E-state index in [-0.39, 0.29) is 5.91 Å². The molecule has 1 aromatic heterocycles. The molecule has 2 aromatic rings. The summed E-state index contributed by atoms with van der Waals surface area (Å²) in [5.74, 6) is 0.0390. The number of pyridine rings is 1. The quantitative estimate of drug-likeness (QED) is 0.928. The molecule has 1 fully saturated rings. The molecule has 1 aromatic carbocycles. The Hall–Kier alpha value is -2.36. The number of hydrogen-bond acceptors (Lipinski definition) is 3. The van der Waals surface area contributed by atoms with Crippen molar-refractivity contribution < 1.29 is 4.79 Å². The standard InChI is InChI=1S/C19H23N3O/c1-2-15-8-4-5-9-17(15)21-16-10-11-20-18(14-16)19(23)22-12-6-3-7-13-22/h4-5,8-11,14H,2-3,6-7,12-13H2,1H3,(H,20,21). The van der Waals surface area contributed by atoms with Crippen molar-refractivity contribution in [2.24, 2.45) is 0 Å². The van der Waals surface area contributed by atoms with E-state index in [9.17, 15) is 4.79 Å². The van der Waals surface area contributed by atoms with Gasteiger partial charge in [0.25, 0.3) is 5.91 Å². The van der Waals surface area contributed by atoms with E-state index in [1.165, 1.54) is 12.0 Å². The summed E-state index contributed by atoms with van der Waals surface area (Å²) in [7, 11) is 0. The number of nitrogens with zero attached hydrogens (tertiary/aromatic N) is 2. The SMILES string of the molecule is CCc1ccccc1Nc1ccnc(C(=O)N2CCCCC2)c1. The van der Waals surface area contributed by atoms with Crippen LogP contribution in [0.15, 0.2) is 42.6 Å². The van der Waals surface area contributed by atoms with Crippen molar-refractivity contribution in [2.45, 2.75) is 32.6 Å². The van der Waals surface area contributed by atoms with Gasteiger partial charge in [-0.3, -0.25) is 9.78 Å². The summed E-state index contributed by atoms with van der Waals surface area (Å²) in [6, 6.07) is 12.0. The molecule has 2 heterocycles. The number of nitrogens with one attached hydrogen (secondary N) is 1. The molecule has 1 amide bonds. The van der Waals surface area contributed by atoms with Crippen LogP contribution in [0.4, 0.5) is 11.4 Å². The molecule has 0 atom stereocenters. The molecule has 3 rings (SSSR count). The highest BCUT2D eigenvalue weighted by atomic mass is 16.2. The van der Waals surface area contributed by atoms with Crippen LogP contribution in [0.5, 0.6) is 0 Å². The van der Waals surface area contributed by atoms with Gasteiger partial charge in [-0.2, -0.15) is 0 Å². The molecule has 0 spiro atoms. The lowest BCUT2D eigenvalue weighted by molar-refractivity contribution is 0.0718. The molecule has 1 aliphatic rings. The smallest absolute Gasteiger partial charge is 0.272 e. The van der Waals surface area contributed by atoms with Gasteiger partial charge in [0.15, 0.2) is 0 Å². The fourth-order valence-corrected chi connectivity index (χ4v) is 2.99. The number of carbonyl (C=O) groups excluding carboxylic acids is 1. The number of carbonyl (C=O) groups is 1. The second-order valence-corrected chi connectivity index (χ2v) is 5.92. The topological polar surface area (TPSA) is 45.2 Å². The van der Waals surface area contributed by atoms with Gasteiger partial charge >= 0.3 is 0 Å². The van der Waals surface area contributed by atoms with Crippen molar-refractivity contribution in [3.8, 4) is 0 Å². The largest absolute Gasteiger partial charge is 0.355 e. The maximum atomic E-state index is 12.6. The Morgan fingerprint density at radius 1 is 1.17 bits per heavy atom. The Bertz CT molecular complexity index is 678. The number of benzene rings is 1. The van der Waals surface area contributed by atoms with Crippen molar-refractivity contribution in [1.29, 1.82) is 0 Å². The molecule has 1 saturated heterocycles. The fraction of sp³-hybridized carbons (Fsp3) is 0.368. The predicted molar refractivity (Wildman–Crippen MR) is 93.1 cm³/mol. The number of aryl methyl sites for hydroxylation is 1.